The Balaban J connectivity index is 2.26. The zero-order chi connectivity index (χ0) is 15.0. The number of benzene rings is 1. The van der Waals surface area contributed by atoms with Crippen molar-refractivity contribution in [2.24, 2.45) is 0 Å². The minimum atomic E-state index is -1.48. The molecule has 0 saturated carbocycles. The molecule has 0 aliphatic rings. The molecular weight excluding hydrogens is 333 g/mol. The van der Waals surface area contributed by atoms with Crippen LogP contribution in [0.5, 0.6) is 5.75 Å². The van der Waals surface area contributed by atoms with Gasteiger partial charge in [-0.3, -0.25) is 4.79 Å². The van der Waals surface area contributed by atoms with Gasteiger partial charge in [-0.1, -0.05) is 12.1 Å². The number of carbonyl (C=O) groups is 2. The zero-order valence-electron chi connectivity index (χ0n) is 10.6. The van der Waals surface area contributed by atoms with E-state index in [2.05, 4.69) is 21.2 Å². The number of amides is 1. The second kappa shape index (κ2) is 8.52. The van der Waals surface area contributed by atoms with Crippen molar-refractivity contribution >= 4 is 27.8 Å². The van der Waals surface area contributed by atoms with Gasteiger partial charge >= 0.3 is 5.97 Å². The molecule has 1 aromatic carbocycles. The van der Waals surface area contributed by atoms with Crippen LogP contribution in [0.15, 0.2) is 28.7 Å². The molecule has 0 heterocycles. The normalized spacial score (nSPS) is 11.7. The quantitative estimate of drug-likeness (QED) is 0.706. The van der Waals surface area contributed by atoms with E-state index in [9.17, 15) is 14.0 Å². The van der Waals surface area contributed by atoms with E-state index < -0.39 is 24.6 Å². The van der Waals surface area contributed by atoms with Gasteiger partial charge in [-0.15, -0.1) is 0 Å². The van der Waals surface area contributed by atoms with Crippen LogP contribution in [-0.4, -0.2) is 36.3 Å². The molecule has 1 unspecified atom stereocenters. The van der Waals surface area contributed by atoms with Gasteiger partial charge in [-0.25, -0.2) is 9.18 Å². The number of carboxylic acids is 1. The maximum atomic E-state index is 12.3. The van der Waals surface area contributed by atoms with E-state index in [0.717, 1.165) is 4.47 Å². The number of halogens is 2. The number of hydrogen-bond acceptors (Lipinski definition) is 3. The van der Waals surface area contributed by atoms with Crippen LogP contribution in [0.25, 0.3) is 0 Å². The van der Waals surface area contributed by atoms with Gasteiger partial charge in [0.1, 0.15) is 12.4 Å². The second-order valence-electron chi connectivity index (χ2n) is 4.00. The predicted octanol–water partition coefficient (Wildman–Crippen LogP) is 2.15. The molecule has 20 heavy (non-hydrogen) atoms. The summed E-state index contributed by atoms with van der Waals surface area (Å²) in [5.41, 5.74) is 0. The van der Waals surface area contributed by atoms with Gasteiger partial charge < -0.3 is 15.2 Å². The largest absolute Gasteiger partial charge is 0.492 e. The van der Waals surface area contributed by atoms with Crippen LogP contribution < -0.4 is 10.1 Å². The first kappa shape index (κ1) is 16.4. The van der Waals surface area contributed by atoms with Crippen LogP contribution in [0.3, 0.4) is 0 Å². The van der Waals surface area contributed by atoms with Crippen molar-refractivity contribution in [2.45, 2.75) is 18.9 Å². The molecule has 5 nitrogen and oxygen atoms in total. The first-order valence-electron chi connectivity index (χ1n) is 6.00. The molecule has 0 aromatic heterocycles. The van der Waals surface area contributed by atoms with Crippen LogP contribution in [0.2, 0.25) is 0 Å². The zero-order valence-corrected chi connectivity index (χ0v) is 12.2. The van der Waals surface area contributed by atoms with Crippen molar-refractivity contribution in [1.29, 1.82) is 0 Å². The lowest BCUT2D eigenvalue weighted by Crippen LogP contribution is -2.42. The van der Waals surface area contributed by atoms with Crippen molar-refractivity contribution in [2.75, 3.05) is 13.3 Å². The maximum absolute atomic E-state index is 12.3. The van der Waals surface area contributed by atoms with E-state index in [0.29, 0.717) is 18.8 Å². The maximum Gasteiger partial charge on any atom is 0.328 e. The van der Waals surface area contributed by atoms with Crippen molar-refractivity contribution in [3.63, 3.8) is 0 Å². The van der Waals surface area contributed by atoms with E-state index >= 15 is 0 Å². The number of carbonyl (C=O) groups excluding carboxylic acids is 1. The molecule has 7 heteroatoms. The summed E-state index contributed by atoms with van der Waals surface area (Å²) in [6, 6.07) is 5.82. The molecule has 0 radical (unpaired) electrons. The molecule has 0 spiro atoms. The average Bonchev–Trinajstić information content (AvgIpc) is 2.42. The Morgan fingerprint density at radius 3 is 2.70 bits per heavy atom. The van der Waals surface area contributed by atoms with Crippen molar-refractivity contribution < 1.29 is 23.8 Å². The Kier molecular flexibility index (Phi) is 7.00. The van der Waals surface area contributed by atoms with Crippen LogP contribution >= 0.6 is 15.9 Å². The SMILES string of the molecule is O=C(CCCOc1ccccc1Br)NC(CF)C(=O)O. The third-order valence-corrected chi connectivity index (χ3v) is 3.09. The van der Waals surface area contributed by atoms with Crippen LogP contribution in [0, 0.1) is 0 Å². The molecule has 1 amide bonds. The van der Waals surface area contributed by atoms with E-state index in [1.165, 1.54) is 0 Å². The van der Waals surface area contributed by atoms with Crippen molar-refractivity contribution in [3.05, 3.63) is 28.7 Å². The highest BCUT2D eigenvalue weighted by Gasteiger charge is 2.19. The van der Waals surface area contributed by atoms with Gasteiger partial charge in [0, 0.05) is 6.42 Å². The molecule has 0 fully saturated rings. The van der Waals surface area contributed by atoms with Crippen LogP contribution in [0.1, 0.15) is 12.8 Å². The fourth-order valence-electron chi connectivity index (χ4n) is 1.41. The third kappa shape index (κ3) is 5.56. The van der Waals surface area contributed by atoms with Crippen molar-refractivity contribution in [1.82, 2.24) is 5.32 Å². The van der Waals surface area contributed by atoms with Gasteiger partial charge in [0.15, 0.2) is 6.04 Å². The highest BCUT2D eigenvalue weighted by atomic mass is 79.9. The number of carboxylic acid groups (broad SMARTS) is 1. The number of rotatable bonds is 8. The van der Waals surface area contributed by atoms with Crippen LogP contribution in [-0.2, 0) is 9.59 Å². The Hall–Kier alpha value is -1.63. The van der Waals surface area contributed by atoms with Gasteiger partial charge in [-0.05, 0) is 34.5 Å². The Labute approximate surface area is 124 Å². The summed E-state index contributed by atoms with van der Waals surface area (Å²) in [5, 5.41) is 10.7. The highest BCUT2D eigenvalue weighted by Crippen LogP contribution is 2.23. The predicted molar refractivity (Wildman–Crippen MR) is 74.4 cm³/mol. The molecule has 2 N–H and O–H groups in total. The van der Waals surface area contributed by atoms with Gasteiger partial charge in [0.05, 0.1) is 11.1 Å². The Morgan fingerprint density at radius 2 is 2.10 bits per heavy atom. The Morgan fingerprint density at radius 1 is 1.40 bits per heavy atom. The molecule has 0 bridgehead atoms. The number of para-hydroxylation sites is 1. The lowest BCUT2D eigenvalue weighted by Gasteiger charge is -2.11. The smallest absolute Gasteiger partial charge is 0.328 e. The van der Waals surface area contributed by atoms with E-state index in [-0.39, 0.29) is 6.42 Å². The summed E-state index contributed by atoms with van der Waals surface area (Å²) in [4.78, 5) is 21.9. The van der Waals surface area contributed by atoms with Gasteiger partial charge in [-0.2, -0.15) is 0 Å². The molecule has 110 valence electrons. The summed E-state index contributed by atoms with van der Waals surface area (Å²) in [6.45, 7) is -0.821. The standard InChI is InChI=1S/C13H15BrFNO4/c14-9-4-1-2-5-11(9)20-7-3-6-12(17)16-10(8-15)13(18)19/h1-2,4-5,10H,3,6-8H2,(H,16,17)(H,18,19). The fourth-order valence-corrected chi connectivity index (χ4v) is 1.81. The first-order chi connectivity index (χ1) is 9.54. The summed E-state index contributed by atoms with van der Waals surface area (Å²) in [6.07, 6.45) is 0.486. The monoisotopic (exact) mass is 347 g/mol. The van der Waals surface area contributed by atoms with Crippen molar-refractivity contribution in [3.8, 4) is 5.75 Å². The lowest BCUT2D eigenvalue weighted by molar-refractivity contribution is -0.142. The molecular formula is C13H15BrFNO4. The third-order valence-electron chi connectivity index (χ3n) is 2.43. The number of hydrogen-bond donors (Lipinski definition) is 2. The minimum Gasteiger partial charge on any atom is -0.492 e. The van der Waals surface area contributed by atoms with Gasteiger partial charge in [0.2, 0.25) is 5.91 Å². The number of alkyl halides is 1. The average molecular weight is 348 g/mol. The first-order valence-corrected chi connectivity index (χ1v) is 6.79. The van der Waals surface area contributed by atoms with Crippen LogP contribution in [0.4, 0.5) is 4.39 Å². The molecule has 0 aliphatic carbocycles. The lowest BCUT2D eigenvalue weighted by atomic mass is 10.2. The Bertz CT molecular complexity index is 469. The summed E-state index contributed by atoms with van der Waals surface area (Å²) < 4.78 is 18.6. The van der Waals surface area contributed by atoms with E-state index in [1.807, 2.05) is 18.2 Å². The fraction of sp³-hybridized carbons (Fsp3) is 0.385. The molecule has 1 aromatic rings. The second-order valence-corrected chi connectivity index (χ2v) is 4.85. The number of aliphatic carboxylic acids is 1. The number of ether oxygens (including phenoxy) is 1. The molecule has 1 atom stereocenters. The molecule has 0 aliphatic heterocycles. The summed E-state index contributed by atoms with van der Waals surface area (Å²) in [7, 11) is 0. The highest BCUT2D eigenvalue weighted by molar-refractivity contribution is 9.10. The summed E-state index contributed by atoms with van der Waals surface area (Å²) in [5.74, 6) is -1.23. The topological polar surface area (TPSA) is 75.6 Å². The minimum absolute atomic E-state index is 0.0776. The number of nitrogens with one attached hydrogen (secondary N) is 1. The van der Waals surface area contributed by atoms with E-state index in [4.69, 9.17) is 9.84 Å². The molecule has 0 saturated heterocycles. The van der Waals surface area contributed by atoms with Gasteiger partial charge in [0.25, 0.3) is 0 Å². The molecule has 1 rings (SSSR count). The van der Waals surface area contributed by atoms with E-state index in [1.54, 1.807) is 6.07 Å². The summed E-state index contributed by atoms with van der Waals surface area (Å²) >= 11 is 3.32.